The normalized spacial score (nSPS) is 12.3. The summed E-state index contributed by atoms with van der Waals surface area (Å²) in [6.45, 7) is 2.70. The third kappa shape index (κ3) is 5.66. The van der Waals surface area contributed by atoms with Gasteiger partial charge in [0.1, 0.15) is 11.6 Å². The summed E-state index contributed by atoms with van der Waals surface area (Å²) in [7, 11) is -3.96. The molecule has 0 radical (unpaired) electrons. The van der Waals surface area contributed by atoms with Gasteiger partial charge in [-0.2, -0.15) is 4.99 Å². The van der Waals surface area contributed by atoms with Gasteiger partial charge in [-0.05, 0) is 61.5 Å². The van der Waals surface area contributed by atoms with Crippen LogP contribution in [0.1, 0.15) is 17.3 Å². The van der Waals surface area contributed by atoms with Crippen molar-refractivity contribution in [3.63, 3.8) is 0 Å². The second-order valence-corrected chi connectivity index (χ2v) is 10.2. The van der Waals surface area contributed by atoms with Crippen LogP contribution in [0.4, 0.5) is 18.9 Å². The number of rotatable bonds is 8. The maximum Gasteiger partial charge on any atom is 0.279 e. The van der Waals surface area contributed by atoms with Crippen LogP contribution in [0.15, 0.2) is 70.6 Å². The van der Waals surface area contributed by atoms with Crippen LogP contribution < -0.4 is 9.52 Å². The van der Waals surface area contributed by atoms with Gasteiger partial charge >= 0.3 is 0 Å². The Morgan fingerprint density at radius 3 is 2.39 bits per heavy atom. The minimum atomic E-state index is -3.96. The molecular formula is C24H20F3N3O4S2. The molecule has 7 nitrogen and oxygen atoms in total. The summed E-state index contributed by atoms with van der Waals surface area (Å²) in [6, 6.07) is 11.8. The molecule has 0 saturated carbocycles. The van der Waals surface area contributed by atoms with Crippen LogP contribution in [0.2, 0.25) is 0 Å². The molecule has 0 bridgehead atoms. The standard InChI is InChI=1S/C24H20F3N3O4S2/c1-2-34-12-11-30-22-20(27)13-17(26)14-21(22)35-24(30)28-23(31)15-3-7-18(8-4-15)29-36(32,33)19-9-5-16(25)6-10-19/h3-10,13-14,29H,2,11-12H2,1H3. The highest BCUT2D eigenvalue weighted by Crippen LogP contribution is 2.23. The summed E-state index contributed by atoms with van der Waals surface area (Å²) in [5.41, 5.74) is 0.459. The molecule has 0 aliphatic carbocycles. The molecular weight excluding hydrogens is 515 g/mol. The Kier molecular flexibility index (Phi) is 7.57. The highest BCUT2D eigenvalue weighted by molar-refractivity contribution is 7.92. The molecule has 0 saturated heterocycles. The average molecular weight is 536 g/mol. The molecule has 1 amide bonds. The van der Waals surface area contributed by atoms with Crippen molar-refractivity contribution in [1.29, 1.82) is 0 Å². The zero-order valence-corrected chi connectivity index (χ0v) is 20.5. The Balaban J connectivity index is 1.61. The first-order valence-corrected chi connectivity index (χ1v) is 13.0. The molecule has 0 atom stereocenters. The number of benzene rings is 3. The number of nitrogens with one attached hydrogen (secondary N) is 1. The van der Waals surface area contributed by atoms with Crippen LogP contribution in [0.3, 0.4) is 0 Å². The lowest BCUT2D eigenvalue weighted by molar-refractivity contribution is 0.0996. The van der Waals surface area contributed by atoms with E-state index in [-0.39, 0.29) is 39.6 Å². The van der Waals surface area contributed by atoms with Crippen LogP contribution in [-0.2, 0) is 21.3 Å². The first kappa shape index (κ1) is 25.6. The summed E-state index contributed by atoms with van der Waals surface area (Å²) < 4.78 is 75.7. The van der Waals surface area contributed by atoms with Crippen LogP contribution in [0.25, 0.3) is 10.2 Å². The first-order chi connectivity index (χ1) is 17.2. The van der Waals surface area contributed by atoms with E-state index in [1.54, 1.807) is 0 Å². The maximum atomic E-state index is 14.5. The SMILES string of the molecule is CCOCCn1c(=NC(=O)c2ccc(NS(=O)(=O)c3ccc(F)cc3)cc2)sc2cc(F)cc(F)c21. The Hall–Kier alpha value is -3.48. The number of hydrogen-bond donors (Lipinski definition) is 1. The largest absolute Gasteiger partial charge is 0.380 e. The predicted octanol–water partition coefficient (Wildman–Crippen LogP) is 4.70. The maximum absolute atomic E-state index is 14.5. The molecule has 0 fully saturated rings. The molecule has 3 aromatic carbocycles. The van der Waals surface area contributed by atoms with Crippen molar-refractivity contribution in [1.82, 2.24) is 4.57 Å². The van der Waals surface area contributed by atoms with Gasteiger partial charge in [0.2, 0.25) is 0 Å². The summed E-state index contributed by atoms with van der Waals surface area (Å²) in [5, 5.41) is 0. The van der Waals surface area contributed by atoms with Gasteiger partial charge in [0, 0.05) is 30.5 Å². The molecule has 12 heteroatoms. The van der Waals surface area contributed by atoms with Crippen molar-refractivity contribution >= 4 is 43.2 Å². The fourth-order valence-electron chi connectivity index (χ4n) is 3.38. The zero-order chi connectivity index (χ0) is 25.9. The molecule has 188 valence electrons. The number of thiazole rings is 1. The zero-order valence-electron chi connectivity index (χ0n) is 18.9. The summed E-state index contributed by atoms with van der Waals surface area (Å²) in [5.74, 6) is -2.73. The van der Waals surface area contributed by atoms with Crippen LogP contribution in [0.5, 0.6) is 0 Å². The van der Waals surface area contributed by atoms with E-state index in [0.717, 1.165) is 41.7 Å². The predicted molar refractivity (Wildman–Crippen MR) is 130 cm³/mol. The van der Waals surface area contributed by atoms with Gasteiger partial charge in [-0.15, -0.1) is 0 Å². The van der Waals surface area contributed by atoms with E-state index in [1.165, 1.54) is 34.9 Å². The average Bonchev–Trinajstić information content (AvgIpc) is 3.16. The lowest BCUT2D eigenvalue weighted by Crippen LogP contribution is -2.20. The van der Waals surface area contributed by atoms with E-state index in [0.29, 0.717) is 11.3 Å². The van der Waals surface area contributed by atoms with E-state index in [4.69, 9.17) is 4.74 Å². The van der Waals surface area contributed by atoms with E-state index < -0.39 is 33.4 Å². The number of ether oxygens (including phenoxy) is 1. The topological polar surface area (TPSA) is 89.8 Å². The lowest BCUT2D eigenvalue weighted by Gasteiger charge is -2.08. The quantitative estimate of drug-likeness (QED) is 0.331. The second-order valence-electron chi connectivity index (χ2n) is 7.52. The molecule has 0 spiro atoms. The highest BCUT2D eigenvalue weighted by Gasteiger charge is 2.16. The van der Waals surface area contributed by atoms with Crippen molar-refractivity contribution in [2.24, 2.45) is 4.99 Å². The monoisotopic (exact) mass is 535 g/mol. The molecule has 1 aromatic heterocycles. The number of fused-ring (bicyclic) bond motifs is 1. The Morgan fingerprint density at radius 2 is 1.72 bits per heavy atom. The Bertz CT molecular complexity index is 1580. The molecule has 0 aliphatic rings. The summed E-state index contributed by atoms with van der Waals surface area (Å²) >= 11 is 0.964. The van der Waals surface area contributed by atoms with Gasteiger partial charge in [0.25, 0.3) is 15.9 Å². The molecule has 4 aromatic rings. The number of hydrogen-bond acceptors (Lipinski definition) is 5. The van der Waals surface area contributed by atoms with Crippen LogP contribution in [-0.4, -0.2) is 32.1 Å². The molecule has 1 heterocycles. The fourth-order valence-corrected chi connectivity index (χ4v) is 5.53. The number of sulfonamides is 1. The fraction of sp³-hybridized carbons (Fsp3) is 0.167. The van der Waals surface area contributed by atoms with Gasteiger partial charge in [-0.3, -0.25) is 9.52 Å². The first-order valence-electron chi connectivity index (χ1n) is 10.7. The minimum Gasteiger partial charge on any atom is -0.380 e. The van der Waals surface area contributed by atoms with Gasteiger partial charge in [-0.1, -0.05) is 11.3 Å². The third-order valence-corrected chi connectivity index (χ3v) is 7.49. The molecule has 0 unspecified atom stereocenters. The number of aromatic nitrogens is 1. The third-order valence-electron chi connectivity index (χ3n) is 5.06. The number of halogens is 3. The van der Waals surface area contributed by atoms with E-state index in [9.17, 15) is 26.4 Å². The highest BCUT2D eigenvalue weighted by atomic mass is 32.2. The molecule has 36 heavy (non-hydrogen) atoms. The van der Waals surface area contributed by atoms with Gasteiger partial charge in [-0.25, -0.2) is 21.6 Å². The van der Waals surface area contributed by atoms with Gasteiger partial charge in [0.05, 0.1) is 21.7 Å². The smallest absolute Gasteiger partial charge is 0.279 e. The Morgan fingerprint density at radius 1 is 1.03 bits per heavy atom. The summed E-state index contributed by atoms with van der Waals surface area (Å²) in [6.07, 6.45) is 0. The number of amides is 1. The van der Waals surface area contributed by atoms with E-state index >= 15 is 0 Å². The van der Waals surface area contributed by atoms with Crippen LogP contribution in [0, 0.1) is 17.5 Å². The molecule has 4 rings (SSSR count). The van der Waals surface area contributed by atoms with Crippen molar-refractivity contribution in [3.8, 4) is 0 Å². The molecule has 1 N–H and O–H groups in total. The van der Waals surface area contributed by atoms with Crippen molar-refractivity contribution < 1.29 is 31.1 Å². The van der Waals surface area contributed by atoms with Crippen molar-refractivity contribution in [2.75, 3.05) is 17.9 Å². The van der Waals surface area contributed by atoms with Gasteiger partial charge in [0.15, 0.2) is 10.6 Å². The Labute approximate surface area is 208 Å². The van der Waals surface area contributed by atoms with Crippen molar-refractivity contribution in [2.45, 2.75) is 18.4 Å². The minimum absolute atomic E-state index is 0.121. The number of carbonyl (C=O) groups is 1. The number of anilines is 1. The lowest BCUT2D eigenvalue weighted by atomic mass is 10.2. The molecule has 0 aliphatic heterocycles. The van der Waals surface area contributed by atoms with Gasteiger partial charge < -0.3 is 9.30 Å². The van der Waals surface area contributed by atoms with Crippen LogP contribution >= 0.6 is 11.3 Å². The number of nitrogens with zero attached hydrogens (tertiary/aromatic N) is 2. The van der Waals surface area contributed by atoms with E-state index in [1.807, 2.05) is 6.92 Å². The second kappa shape index (κ2) is 10.6. The van der Waals surface area contributed by atoms with Crippen molar-refractivity contribution in [3.05, 3.63) is 88.5 Å². The number of carbonyl (C=O) groups excluding carboxylic acids is 1. The van der Waals surface area contributed by atoms with E-state index in [2.05, 4.69) is 9.71 Å². The summed E-state index contributed by atoms with van der Waals surface area (Å²) in [4.78, 5) is 17.0.